The van der Waals surface area contributed by atoms with Crippen molar-refractivity contribution in [3.05, 3.63) is 47.5 Å². The standard InChI is InChI=1S/C13H12ClN5/c1-15-12-11-13(17-7-16-12)19(8-18-11)6-9-2-4-10(14)5-3-9/h2-5,7-8H,6H2,1H3,(H,15,16,17). The highest BCUT2D eigenvalue weighted by molar-refractivity contribution is 6.30. The van der Waals surface area contributed by atoms with E-state index in [4.69, 9.17) is 11.6 Å². The van der Waals surface area contributed by atoms with E-state index in [1.165, 1.54) is 6.33 Å². The second-order valence-corrected chi connectivity index (χ2v) is 4.58. The maximum absolute atomic E-state index is 5.88. The fourth-order valence-corrected chi connectivity index (χ4v) is 2.09. The highest BCUT2D eigenvalue weighted by atomic mass is 35.5. The molecule has 0 saturated heterocycles. The second-order valence-electron chi connectivity index (χ2n) is 4.14. The summed E-state index contributed by atoms with van der Waals surface area (Å²) >= 11 is 5.88. The van der Waals surface area contributed by atoms with Crippen molar-refractivity contribution in [3.8, 4) is 0 Å². The lowest BCUT2D eigenvalue weighted by atomic mass is 10.2. The first-order valence-corrected chi connectivity index (χ1v) is 6.24. The van der Waals surface area contributed by atoms with Crippen molar-refractivity contribution in [2.45, 2.75) is 6.54 Å². The molecule has 96 valence electrons. The Bertz CT molecular complexity index is 705. The Hall–Kier alpha value is -2.14. The molecule has 0 saturated carbocycles. The van der Waals surface area contributed by atoms with Crippen LogP contribution < -0.4 is 5.32 Å². The number of hydrogen-bond donors (Lipinski definition) is 1. The van der Waals surface area contributed by atoms with Gasteiger partial charge in [-0.15, -0.1) is 0 Å². The summed E-state index contributed by atoms with van der Waals surface area (Å²) in [6, 6.07) is 7.75. The molecule has 0 atom stereocenters. The van der Waals surface area contributed by atoms with E-state index in [0.717, 1.165) is 27.6 Å². The Balaban J connectivity index is 1.99. The van der Waals surface area contributed by atoms with E-state index in [-0.39, 0.29) is 0 Å². The van der Waals surface area contributed by atoms with E-state index in [0.29, 0.717) is 6.54 Å². The van der Waals surface area contributed by atoms with Gasteiger partial charge in [0.2, 0.25) is 0 Å². The molecule has 1 aromatic carbocycles. The number of nitrogens with zero attached hydrogens (tertiary/aromatic N) is 4. The monoisotopic (exact) mass is 273 g/mol. The molecule has 6 heteroatoms. The lowest BCUT2D eigenvalue weighted by molar-refractivity contribution is 0.813. The number of halogens is 1. The molecule has 3 aromatic rings. The van der Waals surface area contributed by atoms with Gasteiger partial charge in [-0.3, -0.25) is 0 Å². The van der Waals surface area contributed by atoms with Gasteiger partial charge in [-0.05, 0) is 17.7 Å². The molecule has 0 bridgehead atoms. The van der Waals surface area contributed by atoms with E-state index in [1.807, 2.05) is 35.9 Å². The molecule has 0 spiro atoms. The van der Waals surface area contributed by atoms with Crippen molar-refractivity contribution < 1.29 is 0 Å². The van der Waals surface area contributed by atoms with Gasteiger partial charge >= 0.3 is 0 Å². The highest BCUT2D eigenvalue weighted by Crippen LogP contribution is 2.18. The van der Waals surface area contributed by atoms with Crippen LogP contribution in [0.2, 0.25) is 5.02 Å². The lowest BCUT2D eigenvalue weighted by Gasteiger charge is -2.04. The zero-order valence-corrected chi connectivity index (χ0v) is 11.1. The average molecular weight is 274 g/mol. The van der Waals surface area contributed by atoms with E-state index < -0.39 is 0 Å². The largest absolute Gasteiger partial charge is 0.371 e. The molecule has 1 N–H and O–H groups in total. The number of fused-ring (bicyclic) bond motifs is 1. The van der Waals surface area contributed by atoms with Crippen LogP contribution in [0.1, 0.15) is 5.56 Å². The SMILES string of the molecule is CNc1ncnc2c1ncn2Cc1ccc(Cl)cc1. The molecule has 3 rings (SSSR count). The van der Waals surface area contributed by atoms with Crippen molar-refractivity contribution in [1.29, 1.82) is 0 Å². The van der Waals surface area contributed by atoms with Crippen LogP contribution in [0, 0.1) is 0 Å². The van der Waals surface area contributed by atoms with E-state index in [2.05, 4.69) is 20.3 Å². The van der Waals surface area contributed by atoms with Crippen LogP contribution in [-0.4, -0.2) is 26.6 Å². The molecule has 2 heterocycles. The predicted octanol–water partition coefficient (Wildman–Crippen LogP) is 2.57. The molecular weight excluding hydrogens is 262 g/mol. The summed E-state index contributed by atoms with van der Waals surface area (Å²) in [5, 5.41) is 3.75. The Morgan fingerprint density at radius 1 is 1.16 bits per heavy atom. The fourth-order valence-electron chi connectivity index (χ4n) is 1.97. The molecule has 19 heavy (non-hydrogen) atoms. The summed E-state index contributed by atoms with van der Waals surface area (Å²) in [5.74, 6) is 0.736. The quantitative estimate of drug-likeness (QED) is 0.797. The maximum atomic E-state index is 5.88. The van der Waals surface area contributed by atoms with Gasteiger partial charge in [0, 0.05) is 12.1 Å². The van der Waals surface area contributed by atoms with Gasteiger partial charge in [-0.25, -0.2) is 15.0 Å². The first kappa shape index (κ1) is 11.9. The van der Waals surface area contributed by atoms with Crippen molar-refractivity contribution in [1.82, 2.24) is 19.5 Å². The van der Waals surface area contributed by atoms with Gasteiger partial charge < -0.3 is 9.88 Å². The van der Waals surface area contributed by atoms with Gasteiger partial charge in [0.1, 0.15) is 11.8 Å². The van der Waals surface area contributed by atoms with Gasteiger partial charge in [0.25, 0.3) is 0 Å². The average Bonchev–Trinajstić information content (AvgIpc) is 2.84. The Morgan fingerprint density at radius 3 is 2.68 bits per heavy atom. The summed E-state index contributed by atoms with van der Waals surface area (Å²) < 4.78 is 1.99. The number of rotatable bonds is 3. The molecule has 0 aliphatic heterocycles. The van der Waals surface area contributed by atoms with Crippen LogP contribution in [0.5, 0.6) is 0 Å². The summed E-state index contributed by atoms with van der Waals surface area (Å²) in [6.45, 7) is 0.702. The minimum Gasteiger partial charge on any atom is -0.371 e. The second kappa shape index (κ2) is 4.85. The van der Waals surface area contributed by atoms with Crippen LogP contribution in [-0.2, 0) is 6.54 Å². The van der Waals surface area contributed by atoms with Crippen LogP contribution >= 0.6 is 11.6 Å². The summed E-state index contributed by atoms with van der Waals surface area (Å²) in [5.41, 5.74) is 2.74. The first-order chi connectivity index (χ1) is 9.28. The normalized spacial score (nSPS) is 10.8. The lowest BCUT2D eigenvalue weighted by Crippen LogP contribution is -2.00. The van der Waals surface area contributed by atoms with Crippen LogP contribution in [0.15, 0.2) is 36.9 Å². The smallest absolute Gasteiger partial charge is 0.165 e. The van der Waals surface area contributed by atoms with E-state index in [1.54, 1.807) is 6.33 Å². The molecule has 2 aromatic heterocycles. The van der Waals surface area contributed by atoms with Crippen LogP contribution in [0.4, 0.5) is 5.82 Å². The Morgan fingerprint density at radius 2 is 1.95 bits per heavy atom. The zero-order valence-electron chi connectivity index (χ0n) is 10.3. The molecule has 0 aliphatic carbocycles. The Labute approximate surface area is 115 Å². The number of anilines is 1. The van der Waals surface area contributed by atoms with Crippen LogP contribution in [0.3, 0.4) is 0 Å². The van der Waals surface area contributed by atoms with Crippen molar-refractivity contribution in [2.24, 2.45) is 0 Å². The van der Waals surface area contributed by atoms with Gasteiger partial charge in [-0.2, -0.15) is 0 Å². The molecule has 0 radical (unpaired) electrons. The minimum atomic E-state index is 0.702. The minimum absolute atomic E-state index is 0.702. The van der Waals surface area contributed by atoms with Crippen molar-refractivity contribution in [2.75, 3.05) is 12.4 Å². The number of hydrogen-bond acceptors (Lipinski definition) is 4. The number of nitrogens with one attached hydrogen (secondary N) is 1. The summed E-state index contributed by atoms with van der Waals surface area (Å²) in [4.78, 5) is 12.8. The third-order valence-corrected chi connectivity index (χ3v) is 3.16. The van der Waals surface area contributed by atoms with Gasteiger partial charge in [0.15, 0.2) is 11.5 Å². The van der Waals surface area contributed by atoms with Crippen molar-refractivity contribution >= 4 is 28.6 Å². The highest BCUT2D eigenvalue weighted by Gasteiger charge is 2.08. The third kappa shape index (κ3) is 2.24. The molecule has 0 fully saturated rings. The predicted molar refractivity (Wildman–Crippen MR) is 75.4 cm³/mol. The molecule has 5 nitrogen and oxygen atoms in total. The van der Waals surface area contributed by atoms with E-state index in [9.17, 15) is 0 Å². The summed E-state index contributed by atoms with van der Waals surface area (Å²) in [6.07, 6.45) is 3.31. The Kier molecular flexibility index (Phi) is 3.05. The molecule has 0 aliphatic rings. The summed E-state index contributed by atoms with van der Waals surface area (Å²) in [7, 11) is 1.82. The maximum Gasteiger partial charge on any atom is 0.165 e. The fraction of sp³-hybridized carbons (Fsp3) is 0.154. The molecular formula is C13H12ClN5. The molecule has 0 unspecified atom stereocenters. The number of benzene rings is 1. The van der Waals surface area contributed by atoms with Crippen LogP contribution in [0.25, 0.3) is 11.2 Å². The number of aromatic nitrogens is 4. The third-order valence-electron chi connectivity index (χ3n) is 2.90. The zero-order chi connectivity index (χ0) is 13.2. The molecule has 0 amide bonds. The van der Waals surface area contributed by atoms with Gasteiger partial charge in [-0.1, -0.05) is 23.7 Å². The van der Waals surface area contributed by atoms with Gasteiger partial charge in [0.05, 0.1) is 12.9 Å². The van der Waals surface area contributed by atoms with E-state index >= 15 is 0 Å². The first-order valence-electron chi connectivity index (χ1n) is 5.86. The topological polar surface area (TPSA) is 55.6 Å². The van der Waals surface area contributed by atoms with Crippen molar-refractivity contribution in [3.63, 3.8) is 0 Å². The number of imidazole rings is 1.